The molecule has 0 aromatic rings. The molecule has 2 heteroatoms. The standard InChI is InChI=1S/C26H44P2/c1-5-13-23(14-6-1)27(24-15-7-2-8-16-24)21-22-28(25-17-9-3-10-18-25)26-19-11-4-12-20-26/h23-26H,1-20H2. The van der Waals surface area contributed by atoms with Gasteiger partial charge in [-0.25, -0.2) is 0 Å². The Hall–Kier alpha value is 0.420. The highest BCUT2D eigenvalue weighted by molar-refractivity contribution is 7.68. The van der Waals surface area contributed by atoms with E-state index in [1.165, 1.54) is 128 Å². The molecule has 0 unspecified atom stereocenters. The first-order valence-corrected chi connectivity index (χ1v) is 16.0. The van der Waals surface area contributed by atoms with Crippen LogP contribution in [0.25, 0.3) is 0 Å². The molecule has 28 heavy (non-hydrogen) atoms. The first-order chi connectivity index (χ1) is 13.9. The zero-order valence-electron chi connectivity index (χ0n) is 18.3. The highest BCUT2D eigenvalue weighted by Gasteiger charge is 2.33. The minimum Gasteiger partial charge on any atom is -0.0715 e. The molecule has 0 nitrogen and oxygen atoms in total. The summed E-state index contributed by atoms with van der Waals surface area (Å²) in [4.78, 5) is 0. The summed E-state index contributed by atoms with van der Waals surface area (Å²) >= 11 is 0. The fraction of sp³-hybridized carbons (Fsp3) is 0.923. The number of rotatable bonds is 4. The van der Waals surface area contributed by atoms with E-state index in [-0.39, 0.29) is 15.8 Å². The SMILES string of the molecule is C(#CP(C1CCCCC1)C1CCCCC1)P(C1CCCCC1)C1CCCCC1. The maximum Gasteiger partial charge on any atom is -0.00950 e. The van der Waals surface area contributed by atoms with Crippen molar-refractivity contribution in [2.75, 3.05) is 0 Å². The quantitative estimate of drug-likeness (QED) is 0.315. The van der Waals surface area contributed by atoms with Crippen molar-refractivity contribution >= 4 is 15.8 Å². The van der Waals surface area contributed by atoms with Crippen LogP contribution in [0.1, 0.15) is 128 Å². The van der Waals surface area contributed by atoms with E-state index in [9.17, 15) is 0 Å². The Morgan fingerprint density at radius 1 is 0.321 bits per heavy atom. The molecule has 0 N–H and O–H groups in total. The van der Waals surface area contributed by atoms with Gasteiger partial charge >= 0.3 is 0 Å². The molecular weight excluding hydrogens is 374 g/mol. The van der Waals surface area contributed by atoms with Gasteiger partial charge in [0.05, 0.1) is 0 Å². The van der Waals surface area contributed by atoms with Gasteiger partial charge in [-0.15, -0.1) is 0 Å². The van der Waals surface area contributed by atoms with E-state index in [0.29, 0.717) is 0 Å². The first kappa shape index (κ1) is 21.6. The minimum absolute atomic E-state index is 0.0165. The molecule has 0 bridgehead atoms. The van der Waals surface area contributed by atoms with Crippen LogP contribution in [0.2, 0.25) is 0 Å². The van der Waals surface area contributed by atoms with Crippen molar-refractivity contribution < 1.29 is 0 Å². The lowest BCUT2D eigenvalue weighted by atomic mass is 9.99. The van der Waals surface area contributed by atoms with E-state index in [1.54, 1.807) is 0 Å². The van der Waals surface area contributed by atoms with Crippen LogP contribution in [0.4, 0.5) is 0 Å². The average Bonchev–Trinajstić information content (AvgIpc) is 2.79. The Morgan fingerprint density at radius 3 is 0.750 bits per heavy atom. The van der Waals surface area contributed by atoms with Crippen molar-refractivity contribution in [2.45, 2.75) is 151 Å². The van der Waals surface area contributed by atoms with Crippen LogP contribution < -0.4 is 0 Å². The topological polar surface area (TPSA) is 0 Å². The molecule has 4 fully saturated rings. The molecule has 0 saturated heterocycles. The molecule has 4 aliphatic rings. The van der Waals surface area contributed by atoms with E-state index in [0.717, 1.165) is 22.6 Å². The van der Waals surface area contributed by atoms with Crippen LogP contribution >= 0.6 is 15.8 Å². The Bertz CT molecular complexity index is 414. The second kappa shape index (κ2) is 11.7. The van der Waals surface area contributed by atoms with Gasteiger partial charge in [-0.1, -0.05) is 88.4 Å². The van der Waals surface area contributed by atoms with Gasteiger partial charge in [0.1, 0.15) is 0 Å². The van der Waals surface area contributed by atoms with E-state index < -0.39 is 0 Å². The minimum atomic E-state index is -0.0165. The fourth-order valence-electron chi connectivity index (χ4n) is 6.51. The summed E-state index contributed by atoms with van der Waals surface area (Å²) < 4.78 is 0. The fourth-order valence-corrected chi connectivity index (χ4v) is 13.0. The predicted molar refractivity (Wildman–Crippen MR) is 129 cm³/mol. The van der Waals surface area contributed by atoms with Crippen molar-refractivity contribution in [1.29, 1.82) is 0 Å². The van der Waals surface area contributed by atoms with E-state index in [1.807, 2.05) is 0 Å². The summed E-state index contributed by atoms with van der Waals surface area (Å²) in [5.41, 5.74) is 12.4. The molecule has 0 spiro atoms. The Morgan fingerprint density at radius 2 is 0.536 bits per heavy atom. The molecular formula is C26H44P2. The van der Waals surface area contributed by atoms with Crippen molar-refractivity contribution in [2.24, 2.45) is 0 Å². The van der Waals surface area contributed by atoms with Crippen LogP contribution in [-0.2, 0) is 0 Å². The normalized spacial score (nSPS) is 27.1. The molecule has 0 amide bonds. The van der Waals surface area contributed by atoms with Gasteiger partial charge in [0.15, 0.2) is 0 Å². The van der Waals surface area contributed by atoms with Gasteiger partial charge in [-0.3, -0.25) is 0 Å². The molecule has 4 saturated carbocycles. The molecule has 0 aromatic carbocycles. The molecule has 0 heterocycles. The maximum absolute atomic E-state index is 4.20. The zero-order valence-corrected chi connectivity index (χ0v) is 20.1. The maximum atomic E-state index is 4.20. The lowest BCUT2D eigenvalue weighted by Crippen LogP contribution is -2.21. The average molecular weight is 419 g/mol. The summed E-state index contributed by atoms with van der Waals surface area (Å²) in [6.45, 7) is 0. The molecule has 0 aromatic heterocycles. The van der Waals surface area contributed by atoms with E-state index in [2.05, 4.69) is 11.3 Å². The third kappa shape index (κ3) is 5.98. The molecule has 4 rings (SSSR count). The summed E-state index contributed by atoms with van der Waals surface area (Å²) in [5.74, 6) is 0. The van der Waals surface area contributed by atoms with Crippen molar-refractivity contribution in [3.8, 4) is 11.3 Å². The van der Waals surface area contributed by atoms with Crippen LogP contribution in [-0.4, -0.2) is 22.6 Å². The van der Waals surface area contributed by atoms with Gasteiger partial charge < -0.3 is 0 Å². The highest BCUT2D eigenvalue weighted by Crippen LogP contribution is 2.59. The van der Waals surface area contributed by atoms with Crippen LogP contribution in [0.5, 0.6) is 0 Å². The zero-order chi connectivity index (χ0) is 19.0. The van der Waals surface area contributed by atoms with Crippen LogP contribution in [0.15, 0.2) is 0 Å². The van der Waals surface area contributed by atoms with Crippen molar-refractivity contribution in [3.05, 3.63) is 0 Å². The van der Waals surface area contributed by atoms with Gasteiger partial charge in [0, 0.05) is 0 Å². The van der Waals surface area contributed by atoms with Gasteiger partial charge in [-0.2, -0.15) is 0 Å². The third-order valence-electron chi connectivity index (χ3n) is 8.18. The predicted octanol–water partition coefficient (Wildman–Crippen LogP) is 9.20. The van der Waals surface area contributed by atoms with Crippen molar-refractivity contribution in [1.82, 2.24) is 0 Å². The summed E-state index contributed by atoms with van der Waals surface area (Å²) in [5, 5.41) is 0. The summed E-state index contributed by atoms with van der Waals surface area (Å²) in [6, 6.07) is 0. The highest BCUT2D eigenvalue weighted by atomic mass is 31.1. The molecule has 0 atom stereocenters. The monoisotopic (exact) mass is 418 g/mol. The molecule has 0 aliphatic heterocycles. The van der Waals surface area contributed by atoms with Crippen LogP contribution in [0.3, 0.4) is 0 Å². The molecule has 4 aliphatic carbocycles. The van der Waals surface area contributed by atoms with Crippen molar-refractivity contribution in [3.63, 3.8) is 0 Å². The molecule has 0 radical (unpaired) electrons. The van der Waals surface area contributed by atoms with E-state index >= 15 is 0 Å². The van der Waals surface area contributed by atoms with Crippen LogP contribution in [0, 0.1) is 11.3 Å². The molecule has 158 valence electrons. The lowest BCUT2D eigenvalue weighted by molar-refractivity contribution is 0.486. The first-order valence-electron chi connectivity index (χ1n) is 13.0. The second-order valence-electron chi connectivity index (χ2n) is 10.2. The van der Waals surface area contributed by atoms with Gasteiger partial charge in [-0.05, 0) is 89.8 Å². The lowest BCUT2D eigenvalue weighted by Gasteiger charge is -2.37. The third-order valence-corrected chi connectivity index (χ3v) is 14.3. The van der Waals surface area contributed by atoms with E-state index in [4.69, 9.17) is 0 Å². The second-order valence-corrected chi connectivity index (χ2v) is 15.2. The summed E-state index contributed by atoms with van der Waals surface area (Å²) in [7, 11) is -0.0329. The number of hydrogen-bond donors (Lipinski definition) is 0. The van der Waals surface area contributed by atoms with Gasteiger partial charge in [0.2, 0.25) is 0 Å². The smallest absolute Gasteiger partial charge is 0.00950 e. The Labute approximate surface area is 178 Å². The largest absolute Gasteiger partial charge is 0.0715 e. The summed E-state index contributed by atoms with van der Waals surface area (Å²) in [6.07, 6.45) is 30.1. The number of hydrogen-bond acceptors (Lipinski definition) is 0. The Kier molecular flexibility index (Phi) is 9.06. The van der Waals surface area contributed by atoms with Gasteiger partial charge in [0.25, 0.3) is 0 Å². The Balaban J connectivity index is 1.52.